The molecule has 3 nitrogen and oxygen atoms in total. The zero-order valence-electron chi connectivity index (χ0n) is 8.86. The zero-order chi connectivity index (χ0) is 11.3. The number of allylic oxidation sites excluding steroid dienone is 1. The van der Waals surface area contributed by atoms with Crippen molar-refractivity contribution in [2.24, 2.45) is 0 Å². The highest BCUT2D eigenvalue weighted by Crippen LogP contribution is 2.15. The molecule has 1 aromatic rings. The van der Waals surface area contributed by atoms with Crippen LogP contribution in [0.1, 0.15) is 25.5 Å². The molecular weight excluding hydrogens is 210 g/mol. The quantitative estimate of drug-likeness (QED) is 0.768. The van der Waals surface area contributed by atoms with E-state index in [1.54, 1.807) is 13.0 Å². The van der Waals surface area contributed by atoms with Crippen molar-refractivity contribution in [3.63, 3.8) is 0 Å². The normalized spacial score (nSPS) is 13.7. The number of hydrogen-bond acceptors (Lipinski definition) is 3. The number of hydrogen-bond donors (Lipinski definition) is 2. The van der Waals surface area contributed by atoms with Gasteiger partial charge in [-0.25, -0.2) is 0 Å². The van der Waals surface area contributed by atoms with Gasteiger partial charge in [-0.3, -0.25) is 4.79 Å². The highest BCUT2D eigenvalue weighted by Gasteiger charge is 2.09. The van der Waals surface area contributed by atoms with Crippen LogP contribution >= 0.6 is 11.3 Å². The molecule has 0 aliphatic rings. The molecule has 0 saturated heterocycles. The summed E-state index contributed by atoms with van der Waals surface area (Å²) in [5, 5.41) is 16.1. The van der Waals surface area contributed by atoms with Crippen LogP contribution < -0.4 is 5.32 Å². The summed E-state index contributed by atoms with van der Waals surface area (Å²) in [5.74, 6) is -0.133. The van der Waals surface area contributed by atoms with Gasteiger partial charge in [-0.15, -0.1) is 0 Å². The highest BCUT2D eigenvalue weighted by atomic mass is 32.1. The lowest BCUT2D eigenvalue weighted by molar-refractivity contribution is -0.117. The summed E-state index contributed by atoms with van der Waals surface area (Å²) in [5.41, 5.74) is 1.51. The summed E-state index contributed by atoms with van der Waals surface area (Å²) in [6.45, 7) is 3.80. The first-order valence-corrected chi connectivity index (χ1v) is 5.70. The van der Waals surface area contributed by atoms with E-state index in [4.69, 9.17) is 0 Å². The van der Waals surface area contributed by atoms with E-state index in [2.05, 4.69) is 5.32 Å². The zero-order valence-corrected chi connectivity index (χ0v) is 9.67. The second-order valence-corrected chi connectivity index (χ2v) is 4.03. The number of carbonyl (C=O) groups is 1. The van der Waals surface area contributed by atoms with Gasteiger partial charge in [-0.1, -0.05) is 6.08 Å². The van der Waals surface area contributed by atoms with Crippen molar-refractivity contribution < 1.29 is 9.90 Å². The lowest BCUT2D eigenvalue weighted by atomic mass is 10.2. The molecule has 0 aromatic carbocycles. The molecule has 82 valence electrons. The highest BCUT2D eigenvalue weighted by molar-refractivity contribution is 7.07. The van der Waals surface area contributed by atoms with Crippen LogP contribution in [-0.4, -0.2) is 17.6 Å². The lowest BCUT2D eigenvalue weighted by Crippen LogP contribution is -2.28. The van der Waals surface area contributed by atoms with Gasteiger partial charge in [-0.2, -0.15) is 11.3 Å². The van der Waals surface area contributed by atoms with Crippen molar-refractivity contribution in [2.75, 3.05) is 6.54 Å². The van der Waals surface area contributed by atoms with Crippen LogP contribution in [0.2, 0.25) is 0 Å². The molecule has 0 bridgehead atoms. The van der Waals surface area contributed by atoms with E-state index in [0.717, 1.165) is 5.56 Å². The molecule has 1 atom stereocenters. The Morgan fingerprint density at radius 3 is 3.00 bits per heavy atom. The van der Waals surface area contributed by atoms with E-state index >= 15 is 0 Å². The summed E-state index contributed by atoms with van der Waals surface area (Å²) in [6.07, 6.45) is 1.12. The SMILES string of the molecule is C/C=C(/C)C(=O)NCC(O)c1ccsc1. The number of aliphatic hydroxyl groups is 1. The Kier molecular flexibility index (Phi) is 4.52. The summed E-state index contributed by atoms with van der Waals surface area (Å²) in [7, 11) is 0. The second kappa shape index (κ2) is 5.68. The monoisotopic (exact) mass is 225 g/mol. The first-order valence-electron chi connectivity index (χ1n) is 4.76. The Morgan fingerprint density at radius 1 is 1.73 bits per heavy atom. The lowest BCUT2D eigenvalue weighted by Gasteiger charge is -2.10. The smallest absolute Gasteiger partial charge is 0.246 e. The van der Waals surface area contributed by atoms with Gasteiger partial charge in [0.15, 0.2) is 0 Å². The van der Waals surface area contributed by atoms with Gasteiger partial charge in [-0.05, 0) is 36.2 Å². The molecule has 1 unspecified atom stereocenters. The fraction of sp³-hybridized carbons (Fsp3) is 0.364. The largest absolute Gasteiger partial charge is 0.387 e. The third kappa shape index (κ3) is 3.49. The van der Waals surface area contributed by atoms with Gasteiger partial charge in [0.05, 0.1) is 6.10 Å². The van der Waals surface area contributed by atoms with Crippen LogP contribution in [0.25, 0.3) is 0 Å². The molecule has 0 fully saturated rings. The van der Waals surface area contributed by atoms with Crippen molar-refractivity contribution in [2.45, 2.75) is 20.0 Å². The molecule has 15 heavy (non-hydrogen) atoms. The Labute approximate surface area is 93.4 Å². The van der Waals surface area contributed by atoms with Crippen LogP contribution in [0.5, 0.6) is 0 Å². The van der Waals surface area contributed by atoms with Crippen LogP contribution in [0.4, 0.5) is 0 Å². The fourth-order valence-electron chi connectivity index (χ4n) is 1.04. The molecule has 1 heterocycles. The van der Waals surface area contributed by atoms with Crippen LogP contribution in [0, 0.1) is 0 Å². The minimum Gasteiger partial charge on any atom is -0.387 e. The van der Waals surface area contributed by atoms with E-state index in [0.29, 0.717) is 5.57 Å². The fourth-order valence-corrected chi connectivity index (χ4v) is 1.75. The molecule has 1 aromatic heterocycles. The Balaban J connectivity index is 2.41. The predicted octanol–water partition coefficient (Wildman–Crippen LogP) is 1.86. The molecule has 0 saturated carbocycles. The van der Waals surface area contributed by atoms with E-state index in [1.807, 2.05) is 23.8 Å². The van der Waals surface area contributed by atoms with Gasteiger partial charge in [0.25, 0.3) is 0 Å². The maximum atomic E-state index is 11.4. The molecular formula is C11H15NO2S. The van der Waals surface area contributed by atoms with Gasteiger partial charge < -0.3 is 10.4 Å². The van der Waals surface area contributed by atoms with E-state index in [-0.39, 0.29) is 12.5 Å². The number of aliphatic hydroxyl groups excluding tert-OH is 1. The molecule has 0 radical (unpaired) electrons. The second-order valence-electron chi connectivity index (χ2n) is 3.25. The molecule has 1 rings (SSSR count). The Bertz CT molecular complexity index is 343. The van der Waals surface area contributed by atoms with Crippen LogP contribution in [0.3, 0.4) is 0 Å². The summed E-state index contributed by atoms with van der Waals surface area (Å²) >= 11 is 1.53. The molecule has 1 amide bonds. The summed E-state index contributed by atoms with van der Waals surface area (Å²) < 4.78 is 0. The maximum Gasteiger partial charge on any atom is 0.246 e. The van der Waals surface area contributed by atoms with Crippen LogP contribution in [-0.2, 0) is 4.79 Å². The first kappa shape index (κ1) is 11.9. The summed E-state index contributed by atoms with van der Waals surface area (Å²) in [6, 6.07) is 1.85. The van der Waals surface area contributed by atoms with Crippen molar-refractivity contribution in [3.8, 4) is 0 Å². The third-order valence-corrected chi connectivity index (χ3v) is 2.88. The molecule has 4 heteroatoms. The van der Waals surface area contributed by atoms with E-state index < -0.39 is 6.10 Å². The molecule has 0 aliphatic heterocycles. The minimum absolute atomic E-state index is 0.133. The Hall–Kier alpha value is -1.13. The molecule has 2 N–H and O–H groups in total. The average molecular weight is 225 g/mol. The van der Waals surface area contributed by atoms with Gasteiger partial charge in [0, 0.05) is 12.1 Å². The standard InChI is InChI=1S/C11H15NO2S/c1-3-8(2)11(14)12-6-10(13)9-4-5-15-7-9/h3-5,7,10,13H,6H2,1-2H3,(H,12,14)/b8-3-. The number of nitrogens with one attached hydrogen (secondary N) is 1. The van der Waals surface area contributed by atoms with Crippen molar-refractivity contribution in [3.05, 3.63) is 34.0 Å². The van der Waals surface area contributed by atoms with Crippen molar-refractivity contribution in [1.82, 2.24) is 5.32 Å². The van der Waals surface area contributed by atoms with E-state index in [1.165, 1.54) is 11.3 Å². The van der Waals surface area contributed by atoms with Crippen molar-refractivity contribution in [1.29, 1.82) is 0 Å². The third-order valence-electron chi connectivity index (χ3n) is 2.18. The predicted molar refractivity (Wildman–Crippen MR) is 61.7 cm³/mol. The van der Waals surface area contributed by atoms with Gasteiger partial charge in [0.1, 0.15) is 0 Å². The summed E-state index contributed by atoms with van der Waals surface area (Å²) in [4.78, 5) is 11.4. The number of rotatable bonds is 4. The van der Waals surface area contributed by atoms with Gasteiger partial charge in [0.2, 0.25) is 5.91 Å². The topological polar surface area (TPSA) is 49.3 Å². The minimum atomic E-state index is -0.621. The molecule has 0 spiro atoms. The van der Waals surface area contributed by atoms with Crippen LogP contribution in [0.15, 0.2) is 28.5 Å². The van der Waals surface area contributed by atoms with Gasteiger partial charge >= 0.3 is 0 Å². The first-order chi connectivity index (χ1) is 7.15. The number of amides is 1. The Morgan fingerprint density at radius 2 is 2.47 bits per heavy atom. The molecule has 0 aliphatic carbocycles. The van der Waals surface area contributed by atoms with E-state index in [9.17, 15) is 9.90 Å². The van der Waals surface area contributed by atoms with Crippen molar-refractivity contribution >= 4 is 17.2 Å². The number of thiophene rings is 1. The average Bonchev–Trinajstić information content (AvgIpc) is 2.77. The maximum absolute atomic E-state index is 11.4. The number of carbonyl (C=O) groups excluding carboxylic acids is 1.